The van der Waals surface area contributed by atoms with E-state index in [1.54, 1.807) is 20.0 Å². The molecule has 2 aromatic rings. The first kappa shape index (κ1) is 46.1. The summed E-state index contributed by atoms with van der Waals surface area (Å²) in [6.07, 6.45) is 1.22. The lowest BCUT2D eigenvalue weighted by molar-refractivity contribution is -0.299. The van der Waals surface area contributed by atoms with Crippen molar-refractivity contribution in [2.45, 2.75) is 142 Å². The van der Waals surface area contributed by atoms with Crippen LogP contribution in [0.3, 0.4) is 0 Å². The van der Waals surface area contributed by atoms with Gasteiger partial charge in [0.25, 0.3) is 0 Å². The van der Waals surface area contributed by atoms with E-state index in [0.717, 1.165) is 16.5 Å². The zero-order valence-corrected chi connectivity index (χ0v) is 36.8. The number of carbonyl (C=O) groups is 4. The first-order chi connectivity index (χ1) is 27.8. The largest absolute Gasteiger partial charge is 0.509 e. The van der Waals surface area contributed by atoms with Gasteiger partial charge in [0.15, 0.2) is 29.9 Å². The number of Topliss-reactive ketones (excluding diaryl/α,β-unsaturated/α-hetero) is 1. The second kappa shape index (κ2) is 19.2. The van der Waals surface area contributed by atoms with Crippen LogP contribution >= 0.6 is 0 Å². The van der Waals surface area contributed by atoms with Gasteiger partial charge in [-0.15, -0.1) is 0 Å². The number of esters is 2. The molecule has 2 unspecified atom stereocenters. The topological polar surface area (TPSA) is 152 Å². The Morgan fingerprint density at radius 3 is 2.46 bits per heavy atom. The maximum absolute atomic E-state index is 14.7. The molecular weight excluding hydrogens is 759 g/mol. The van der Waals surface area contributed by atoms with Crippen LogP contribution in [0.25, 0.3) is 17.0 Å². The van der Waals surface area contributed by atoms with Gasteiger partial charge < -0.3 is 38.1 Å². The molecule has 0 aliphatic carbocycles. The third kappa shape index (κ3) is 10.5. The summed E-state index contributed by atoms with van der Waals surface area (Å²) >= 11 is 0. The van der Waals surface area contributed by atoms with Crippen LogP contribution in [0.1, 0.15) is 87.1 Å². The molecular formula is C45H65N3O11. The van der Waals surface area contributed by atoms with Gasteiger partial charge in [0.05, 0.1) is 36.0 Å². The van der Waals surface area contributed by atoms with Gasteiger partial charge in [-0.05, 0) is 98.6 Å². The molecule has 3 aliphatic rings. The Morgan fingerprint density at radius 2 is 1.78 bits per heavy atom. The van der Waals surface area contributed by atoms with Crippen LogP contribution in [0.2, 0.25) is 0 Å². The summed E-state index contributed by atoms with van der Waals surface area (Å²) in [4.78, 5) is 62.6. The number of pyridine rings is 1. The number of nitrogens with zero attached hydrogens (tertiary/aromatic N) is 3. The molecule has 3 saturated heterocycles. The third-order valence-corrected chi connectivity index (χ3v) is 12.4. The number of para-hydroxylation sites is 1. The minimum Gasteiger partial charge on any atom is -0.457 e. The molecule has 4 heterocycles. The zero-order chi connectivity index (χ0) is 43.4. The van der Waals surface area contributed by atoms with Gasteiger partial charge in [-0.25, -0.2) is 4.79 Å². The second-order valence-electron chi connectivity index (χ2n) is 17.5. The van der Waals surface area contributed by atoms with E-state index in [9.17, 15) is 19.2 Å². The van der Waals surface area contributed by atoms with Crippen molar-refractivity contribution >= 4 is 40.9 Å². The van der Waals surface area contributed by atoms with E-state index in [0.29, 0.717) is 25.8 Å². The number of hydrogen-bond donors (Lipinski definition) is 0. The first-order valence-corrected chi connectivity index (χ1v) is 20.9. The number of rotatable bonds is 9. The Hall–Kier alpha value is -3.95. The molecule has 0 bridgehead atoms. The Kier molecular flexibility index (Phi) is 15.0. The van der Waals surface area contributed by atoms with Crippen molar-refractivity contribution in [3.63, 3.8) is 0 Å². The van der Waals surface area contributed by atoms with Crippen LogP contribution in [0, 0.1) is 17.8 Å². The molecule has 59 heavy (non-hydrogen) atoms. The maximum atomic E-state index is 14.7. The predicted octanol–water partition coefficient (Wildman–Crippen LogP) is 6.22. The van der Waals surface area contributed by atoms with Crippen molar-refractivity contribution in [1.29, 1.82) is 0 Å². The summed E-state index contributed by atoms with van der Waals surface area (Å²) in [6.45, 7) is 16.7. The lowest BCUT2D eigenvalue weighted by Crippen LogP contribution is -2.60. The number of ketones is 1. The van der Waals surface area contributed by atoms with Gasteiger partial charge in [-0.3, -0.25) is 24.3 Å². The monoisotopic (exact) mass is 823 g/mol. The molecule has 0 radical (unpaired) electrons. The second-order valence-corrected chi connectivity index (χ2v) is 17.5. The number of aromatic nitrogens is 1. The van der Waals surface area contributed by atoms with E-state index in [2.05, 4.69) is 22.9 Å². The van der Waals surface area contributed by atoms with Crippen molar-refractivity contribution in [2.75, 3.05) is 34.3 Å². The molecule has 0 amide bonds. The lowest BCUT2D eigenvalue weighted by Gasteiger charge is -2.48. The number of carbonyl (C=O) groups excluding carboxylic acids is 4. The highest BCUT2D eigenvalue weighted by Crippen LogP contribution is 2.40. The Balaban J connectivity index is 1.57. The highest BCUT2D eigenvalue weighted by molar-refractivity contribution is 6.00. The van der Waals surface area contributed by atoms with E-state index in [4.69, 9.17) is 33.2 Å². The number of fused-ring (bicyclic) bond motifs is 2. The number of cyclic esters (lactones) is 1. The number of likely N-dealkylation sites (N-methyl/N-ethyl adjacent to an activating group) is 2. The minimum absolute atomic E-state index is 0.0776. The van der Waals surface area contributed by atoms with Crippen LogP contribution in [-0.2, 0) is 47.5 Å². The van der Waals surface area contributed by atoms with E-state index >= 15 is 0 Å². The summed E-state index contributed by atoms with van der Waals surface area (Å²) in [5, 5.41) is 1.01. The molecule has 0 N–H and O–H groups in total. The SMILES string of the molecule is CC[C@H]1OC(=O)[C@H](C)C(=O)[C@H](C)[C@@H](O[C@@H]2O[C@H](C)C[C@H](N(C)C)[C@H]2OC(C)=O)[C@@](C)(OC/C=C/c2cnc3ccccc3c2)C[C@@H](C)CN(C)[C@H](C)C2OC(=O)OC21C. The maximum Gasteiger partial charge on any atom is 0.509 e. The minimum atomic E-state index is -1.31. The summed E-state index contributed by atoms with van der Waals surface area (Å²) in [7, 11) is 5.77. The first-order valence-electron chi connectivity index (χ1n) is 20.9. The highest BCUT2D eigenvalue weighted by atomic mass is 16.8. The zero-order valence-electron chi connectivity index (χ0n) is 36.8. The molecule has 5 rings (SSSR count). The summed E-state index contributed by atoms with van der Waals surface area (Å²) in [5.41, 5.74) is -0.710. The molecule has 14 nitrogen and oxygen atoms in total. The molecule has 0 saturated carbocycles. The molecule has 0 spiro atoms. The quantitative estimate of drug-likeness (QED) is 0.160. The van der Waals surface area contributed by atoms with E-state index < -0.39 is 77.6 Å². The summed E-state index contributed by atoms with van der Waals surface area (Å²) in [5.74, 6) is -3.95. The van der Waals surface area contributed by atoms with Gasteiger partial charge in [0, 0.05) is 37.0 Å². The van der Waals surface area contributed by atoms with Gasteiger partial charge in [0.1, 0.15) is 12.0 Å². The van der Waals surface area contributed by atoms with Crippen LogP contribution in [0.5, 0.6) is 0 Å². The Bertz CT molecular complexity index is 1840. The Morgan fingerprint density at radius 1 is 1.07 bits per heavy atom. The van der Waals surface area contributed by atoms with Crippen LogP contribution < -0.4 is 0 Å². The van der Waals surface area contributed by atoms with Crippen molar-refractivity contribution in [3.8, 4) is 0 Å². The number of hydrogen-bond acceptors (Lipinski definition) is 14. The highest BCUT2D eigenvalue weighted by Gasteiger charge is 2.58. The standard InChI is InChI=1S/C45H65N3O11/c1-13-36-45(9)40(58-43(52)59-45)30(6)48(12)25-26(2)23-44(8,53-20-16-17-32-22-33-18-14-15-19-34(33)46-24-32)39(28(4)37(50)29(5)41(51)56-36)57-42-38(55-31(7)49)35(47(10)11)21-27(3)54-42/h14-19,22,24,26-30,35-36,38-40,42H,13,20-21,23,25H2,1-12H3/b17-16+/t26-,27-,28+,29-,30-,35+,36-,38-,39-,40?,42+,44+,45?/m1/s1. The molecule has 1 aromatic carbocycles. The van der Waals surface area contributed by atoms with Crippen molar-refractivity contribution in [2.24, 2.45) is 17.8 Å². The van der Waals surface area contributed by atoms with Gasteiger partial charge in [-0.2, -0.15) is 0 Å². The van der Waals surface area contributed by atoms with Gasteiger partial charge >= 0.3 is 18.1 Å². The molecule has 326 valence electrons. The van der Waals surface area contributed by atoms with E-state index in [1.165, 1.54) is 13.8 Å². The number of benzene rings is 1. The van der Waals surface area contributed by atoms with E-state index in [-0.39, 0.29) is 30.7 Å². The fraction of sp³-hybridized carbons (Fsp3) is 0.667. The van der Waals surface area contributed by atoms with Crippen molar-refractivity contribution in [3.05, 3.63) is 48.2 Å². The molecule has 3 fully saturated rings. The van der Waals surface area contributed by atoms with Gasteiger partial charge in [-0.1, -0.05) is 51.1 Å². The van der Waals surface area contributed by atoms with Crippen molar-refractivity contribution in [1.82, 2.24) is 14.8 Å². The third-order valence-electron chi connectivity index (χ3n) is 12.4. The fourth-order valence-electron chi connectivity index (χ4n) is 9.21. The average Bonchev–Trinajstić information content (AvgIpc) is 3.50. The number of ether oxygens (including phenoxy) is 7. The molecule has 14 heteroatoms. The fourth-order valence-corrected chi connectivity index (χ4v) is 9.21. The predicted molar refractivity (Wildman–Crippen MR) is 221 cm³/mol. The van der Waals surface area contributed by atoms with Crippen LogP contribution in [-0.4, -0.2) is 133 Å². The smallest absolute Gasteiger partial charge is 0.457 e. The Labute approximate surface area is 349 Å². The van der Waals surface area contributed by atoms with Gasteiger partial charge in [0.2, 0.25) is 0 Å². The lowest BCUT2D eigenvalue weighted by atomic mass is 9.78. The summed E-state index contributed by atoms with van der Waals surface area (Å²) < 4.78 is 43.9. The van der Waals surface area contributed by atoms with Crippen LogP contribution in [0.15, 0.2) is 42.6 Å². The van der Waals surface area contributed by atoms with Crippen LogP contribution in [0.4, 0.5) is 4.79 Å². The molecule has 13 atom stereocenters. The molecule has 1 aromatic heterocycles. The van der Waals surface area contributed by atoms with E-state index in [1.807, 2.05) is 90.2 Å². The normalized spacial score (nSPS) is 36.7. The summed E-state index contributed by atoms with van der Waals surface area (Å²) in [6, 6.07) is 9.33. The van der Waals surface area contributed by atoms with Crippen molar-refractivity contribution < 1.29 is 52.3 Å². The average molecular weight is 824 g/mol. The molecule has 3 aliphatic heterocycles.